The van der Waals surface area contributed by atoms with Crippen molar-refractivity contribution in [2.24, 2.45) is 0 Å². The van der Waals surface area contributed by atoms with E-state index in [0.29, 0.717) is 5.02 Å². The molecule has 2 aromatic carbocycles. The summed E-state index contributed by atoms with van der Waals surface area (Å²) in [6.45, 7) is 4.07. The van der Waals surface area contributed by atoms with Gasteiger partial charge in [0.2, 0.25) is 5.91 Å². The Morgan fingerprint density at radius 1 is 1.19 bits per heavy atom. The van der Waals surface area contributed by atoms with Crippen molar-refractivity contribution in [1.29, 1.82) is 0 Å². The predicted octanol–water partition coefficient (Wildman–Crippen LogP) is 5.45. The van der Waals surface area contributed by atoms with Gasteiger partial charge in [0.05, 0.1) is 18.2 Å². The van der Waals surface area contributed by atoms with Gasteiger partial charge in [-0.05, 0) is 30.5 Å². The standard InChI is InChI=1S/C21H21ClN2OS/c1-3-15-8-10-16(11-9-15)21-24-17(13-26-21)12-20(25)23-14(2)18-6-4-5-7-19(18)22/h4-11,13-14H,3,12H2,1-2H3,(H,23,25). The monoisotopic (exact) mass is 384 g/mol. The van der Waals surface area contributed by atoms with Crippen LogP contribution in [0.25, 0.3) is 10.6 Å². The molecule has 134 valence electrons. The summed E-state index contributed by atoms with van der Waals surface area (Å²) in [4.78, 5) is 17.0. The number of aryl methyl sites for hydroxylation is 1. The van der Waals surface area contributed by atoms with Crippen LogP contribution in [0.15, 0.2) is 53.9 Å². The van der Waals surface area contributed by atoms with E-state index in [2.05, 4.69) is 41.5 Å². The third kappa shape index (κ3) is 4.51. The zero-order valence-electron chi connectivity index (χ0n) is 14.8. The first-order valence-corrected chi connectivity index (χ1v) is 9.90. The number of thiazole rings is 1. The van der Waals surface area contributed by atoms with Gasteiger partial charge in [-0.1, -0.05) is 61.0 Å². The number of nitrogens with zero attached hydrogens (tertiary/aromatic N) is 1. The molecule has 1 unspecified atom stereocenters. The Morgan fingerprint density at radius 2 is 1.92 bits per heavy atom. The van der Waals surface area contributed by atoms with E-state index in [-0.39, 0.29) is 18.4 Å². The molecule has 1 N–H and O–H groups in total. The van der Waals surface area contributed by atoms with Crippen molar-refractivity contribution in [3.63, 3.8) is 0 Å². The van der Waals surface area contributed by atoms with E-state index >= 15 is 0 Å². The first kappa shape index (κ1) is 18.6. The fourth-order valence-corrected chi connectivity index (χ4v) is 3.89. The number of hydrogen-bond donors (Lipinski definition) is 1. The van der Waals surface area contributed by atoms with Crippen LogP contribution in [0, 0.1) is 0 Å². The predicted molar refractivity (Wildman–Crippen MR) is 109 cm³/mol. The highest BCUT2D eigenvalue weighted by molar-refractivity contribution is 7.13. The maximum absolute atomic E-state index is 12.3. The molecule has 0 radical (unpaired) electrons. The average molecular weight is 385 g/mol. The minimum absolute atomic E-state index is 0.0596. The molecule has 3 aromatic rings. The summed E-state index contributed by atoms with van der Waals surface area (Å²) in [7, 11) is 0. The van der Waals surface area contributed by atoms with Gasteiger partial charge in [0.25, 0.3) is 0 Å². The van der Waals surface area contributed by atoms with Crippen LogP contribution >= 0.6 is 22.9 Å². The molecule has 0 aliphatic carbocycles. The Morgan fingerprint density at radius 3 is 2.62 bits per heavy atom. The summed E-state index contributed by atoms with van der Waals surface area (Å²) < 4.78 is 0. The molecular formula is C21H21ClN2OS. The number of carbonyl (C=O) groups excluding carboxylic acids is 1. The van der Waals surface area contributed by atoms with Gasteiger partial charge in [0, 0.05) is 16.0 Å². The average Bonchev–Trinajstić information content (AvgIpc) is 3.10. The summed E-state index contributed by atoms with van der Waals surface area (Å²) in [5.74, 6) is -0.0596. The largest absolute Gasteiger partial charge is 0.349 e. The topological polar surface area (TPSA) is 42.0 Å². The third-order valence-corrected chi connectivity index (χ3v) is 5.54. The molecule has 0 aliphatic rings. The van der Waals surface area contributed by atoms with Crippen LogP contribution < -0.4 is 5.32 Å². The number of nitrogens with one attached hydrogen (secondary N) is 1. The Balaban J connectivity index is 1.63. The van der Waals surface area contributed by atoms with Crippen LogP contribution in [0.2, 0.25) is 5.02 Å². The molecule has 1 amide bonds. The van der Waals surface area contributed by atoms with Crippen molar-refractivity contribution in [3.8, 4) is 10.6 Å². The van der Waals surface area contributed by atoms with Crippen LogP contribution in [0.1, 0.15) is 36.7 Å². The number of rotatable bonds is 6. The summed E-state index contributed by atoms with van der Waals surface area (Å²) >= 11 is 7.76. The quantitative estimate of drug-likeness (QED) is 0.614. The molecule has 0 spiro atoms. The maximum Gasteiger partial charge on any atom is 0.226 e. The summed E-state index contributed by atoms with van der Waals surface area (Å²) in [5, 5.41) is 6.54. The van der Waals surface area contributed by atoms with Gasteiger partial charge >= 0.3 is 0 Å². The first-order chi connectivity index (χ1) is 12.6. The SMILES string of the molecule is CCc1ccc(-c2nc(CC(=O)NC(C)c3ccccc3Cl)cs2)cc1. The van der Waals surface area contributed by atoms with Crippen LogP contribution in [0.4, 0.5) is 0 Å². The van der Waals surface area contributed by atoms with Gasteiger partial charge in [-0.25, -0.2) is 4.98 Å². The normalized spacial score (nSPS) is 12.0. The van der Waals surface area contributed by atoms with Crippen molar-refractivity contribution in [1.82, 2.24) is 10.3 Å². The lowest BCUT2D eigenvalue weighted by Crippen LogP contribution is -2.28. The van der Waals surface area contributed by atoms with Gasteiger partial charge in [0.15, 0.2) is 0 Å². The second-order valence-electron chi connectivity index (χ2n) is 6.18. The lowest BCUT2D eigenvalue weighted by molar-refractivity contribution is -0.121. The summed E-state index contributed by atoms with van der Waals surface area (Å²) in [6.07, 6.45) is 1.28. The van der Waals surface area contributed by atoms with E-state index in [1.807, 2.05) is 36.6 Å². The summed E-state index contributed by atoms with van der Waals surface area (Å²) in [5.41, 5.74) is 4.09. The molecule has 1 atom stereocenters. The van der Waals surface area contributed by atoms with Crippen molar-refractivity contribution in [2.45, 2.75) is 32.7 Å². The number of hydrogen-bond acceptors (Lipinski definition) is 3. The van der Waals surface area contributed by atoms with E-state index in [0.717, 1.165) is 28.2 Å². The van der Waals surface area contributed by atoms with Gasteiger partial charge < -0.3 is 5.32 Å². The molecule has 3 nitrogen and oxygen atoms in total. The van der Waals surface area contributed by atoms with Crippen LogP contribution in [0.5, 0.6) is 0 Å². The molecule has 0 saturated carbocycles. The van der Waals surface area contributed by atoms with E-state index in [1.165, 1.54) is 5.56 Å². The highest BCUT2D eigenvalue weighted by Gasteiger charge is 2.14. The Hall–Kier alpha value is -2.17. The lowest BCUT2D eigenvalue weighted by Gasteiger charge is -2.15. The van der Waals surface area contributed by atoms with Gasteiger partial charge in [-0.15, -0.1) is 11.3 Å². The molecule has 3 rings (SSSR count). The molecular weight excluding hydrogens is 364 g/mol. The van der Waals surface area contributed by atoms with Gasteiger partial charge in [-0.2, -0.15) is 0 Å². The van der Waals surface area contributed by atoms with Crippen molar-refractivity contribution < 1.29 is 4.79 Å². The molecule has 1 aromatic heterocycles. The highest BCUT2D eigenvalue weighted by Crippen LogP contribution is 2.25. The second-order valence-corrected chi connectivity index (χ2v) is 7.45. The van der Waals surface area contributed by atoms with Gasteiger partial charge in [-0.3, -0.25) is 4.79 Å². The van der Waals surface area contributed by atoms with E-state index in [4.69, 9.17) is 11.6 Å². The van der Waals surface area contributed by atoms with Crippen molar-refractivity contribution in [3.05, 3.63) is 75.8 Å². The zero-order chi connectivity index (χ0) is 18.5. The molecule has 0 saturated heterocycles. The minimum atomic E-state index is -0.143. The Bertz CT molecular complexity index is 889. The van der Waals surface area contributed by atoms with Crippen LogP contribution in [0.3, 0.4) is 0 Å². The number of carbonyl (C=O) groups is 1. The molecule has 26 heavy (non-hydrogen) atoms. The smallest absolute Gasteiger partial charge is 0.226 e. The molecule has 0 fully saturated rings. The zero-order valence-corrected chi connectivity index (χ0v) is 16.4. The third-order valence-electron chi connectivity index (χ3n) is 4.25. The van der Waals surface area contributed by atoms with E-state index < -0.39 is 0 Å². The highest BCUT2D eigenvalue weighted by atomic mass is 35.5. The number of aromatic nitrogens is 1. The van der Waals surface area contributed by atoms with Crippen LogP contribution in [-0.4, -0.2) is 10.9 Å². The Labute approximate surface area is 163 Å². The maximum atomic E-state index is 12.3. The van der Waals surface area contributed by atoms with Crippen molar-refractivity contribution in [2.75, 3.05) is 0 Å². The molecule has 0 bridgehead atoms. The fourth-order valence-electron chi connectivity index (χ4n) is 2.76. The van der Waals surface area contributed by atoms with Crippen LogP contribution in [-0.2, 0) is 17.6 Å². The lowest BCUT2D eigenvalue weighted by atomic mass is 10.1. The van der Waals surface area contributed by atoms with Gasteiger partial charge in [0.1, 0.15) is 5.01 Å². The van der Waals surface area contributed by atoms with E-state index in [1.54, 1.807) is 11.3 Å². The minimum Gasteiger partial charge on any atom is -0.349 e. The number of benzene rings is 2. The molecule has 1 heterocycles. The van der Waals surface area contributed by atoms with E-state index in [9.17, 15) is 4.79 Å². The Kier molecular flexibility index (Phi) is 6.07. The second kappa shape index (κ2) is 8.47. The fraction of sp³-hybridized carbons (Fsp3) is 0.238. The van der Waals surface area contributed by atoms with Crippen molar-refractivity contribution >= 4 is 28.8 Å². The number of amides is 1. The summed E-state index contributed by atoms with van der Waals surface area (Å²) in [6, 6.07) is 15.8. The molecule has 5 heteroatoms. The first-order valence-electron chi connectivity index (χ1n) is 8.64. The number of halogens is 1. The molecule has 0 aliphatic heterocycles.